The fraction of sp³-hybridized carbons (Fsp3) is 0.714. The molecule has 1 aliphatic heterocycles. The van der Waals surface area contributed by atoms with Gasteiger partial charge in [0.25, 0.3) is 0 Å². The minimum atomic E-state index is 0.412. The molecule has 0 atom stereocenters. The number of nitrogens with zero attached hydrogens (tertiary/aromatic N) is 1. The summed E-state index contributed by atoms with van der Waals surface area (Å²) in [5, 5.41) is 0. The molecule has 2 fully saturated rings. The van der Waals surface area contributed by atoms with Crippen LogP contribution < -0.4 is 9.64 Å². The molecular formula is C21H33NO. The first-order chi connectivity index (χ1) is 11.0. The Morgan fingerprint density at radius 3 is 2.04 bits per heavy atom. The molecule has 0 N–H and O–H groups in total. The molecule has 2 aliphatic rings. The van der Waals surface area contributed by atoms with Crippen LogP contribution in [0.15, 0.2) is 24.3 Å². The van der Waals surface area contributed by atoms with E-state index in [-0.39, 0.29) is 0 Å². The third-order valence-electron chi connectivity index (χ3n) is 5.76. The number of rotatable bonds is 3. The molecule has 1 heterocycles. The average molecular weight is 316 g/mol. The van der Waals surface area contributed by atoms with E-state index in [1.54, 1.807) is 0 Å². The second-order valence-electron chi connectivity index (χ2n) is 8.50. The highest BCUT2D eigenvalue weighted by Gasteiger charge is 2.30. The summed E-state index contributed by atoms with van der Waals surface area (Å²) in [4.78, 5) is 2.50. The van der Waals surface area contributed by atoms with Crippen LogP contribution in [0.3, 0.4) is 0 Å². The van der Waals surface area contributed by atoms with Gasteiger partial charge in [-0.1, -0.05) is 20.8 Å². The molecule has 2 heteroatoms. The fourth-order valence-electron chi connectivity index (χ4n) is 4.13. The zero-order valence-electron chi connectivity index (χ0n) is 15.2. The van der Waals surface area contributed by atoms with Gasteiger partial charge in [-0.2, -0.15) is 0 Å². The highest BCUT2D eigenvalue weighted by atomic mass is 16.5. The van der Waals surface area contributed by atoms with E-state index in [0.717, 1.165) is 11.7 Å². The van der Waals surface area contributed by atoms with Crippen molar-refractivity contribution in [1.29, 1.82) is 0 Å². The molecule has 0 spiro atoms. The van der Waals surface area contributed by atoms with Crippen LogP contribution in [-0.4, -0.2) is 19.2 Å². The Bertz CT molecular complexity index is 474. The Morgan fingerprint density at radius 2 is 1.48 bits per heavy atom. The van der Waals surface area contributed by atoms with Crippen LogP contribution in [0.25, 0.3) is 0 Å². The van der Waals surface area contributed by atoms with E-state index < -0.39 is 0 Å². The van der Waals surface area contributed by atoms with E-state index in [4.69, 9.17) is 4.74 Å². The number of benzene rings is 1. The van der Waals surface area contributed by atoms with Crippen molar-refractivity contribution in [2.24, 2.45) is 11.3 Å². The van der Waals surface area contributed by atoms with E-state index in [1.165, 1.54) is 63.7 Å². The molecule has 1 saturated carbocycles. The summed E-state index contributed by atoms with van der Waals surface area (Å²) in [6.07, 6.45) is 9.47. The summed E-state index contributed by atoms with van der Waals surface area (Å²) >= 11 is 0. The van der Waals surface area contributed by atoms with Gasteiger partial charge in [-0.25, -0.2) is 0 Å². The monoisotopic (exact) mass is 315 g/mol. The first-order valence-corrected chi connectivity index (χ1v) is 9.54. The molecule has 0 amide bonds. The predicted octanol–water partition coefficient (Wildman–Crippen LogP) is 5.66. The predicted molar refractivity (Wildman–Crippen MR) is 98.3 cm³/mol. The number of anilines is 1. The molecule has 1 saturated heterocycles. The Hall–Kier alpha value is -1.18. The second-order valence-corrected chi connectivity index (χ2v) is 8.50. The molecule has 0 aromatic heterocycles. The van der Waals surface area contributed by atoms with Gasteiger partial charge in [0.2, 0.25) is 0 Å². The molecule has 0 unspecified atom stereocenters. The molecule has 0 bridgehead atoms. The largest absolute Gasteiger partial charge is 0.490 e. The van der Waals surface area contributed by atoms with Gasteiger partial charge in [0.15, 0.2) is 0 Å². The molecule has 2 nitrogen and oxygen atoms in total. The van der Waals surface area contributed by atoms with Gasteiger partial charge in [0, 0.05) is 18.8 Å². The zero-order chi connectivity index (χ0) is 16.3. The van der Waals surface area contributed by atoms with Gasteiger partial charge in [-0.15, -0.1) is 0 Å². The lowest BCUT2D eigenvalue weighted by Gasteiger charge is -2.37. The van der Waals surface area contributed by atoms with Gasteiger partial charge >= 0.3 is 0 Å². The lowest BCUT2D eigenvalue weighted by molar-refractivity contribution is 0.0882. The van der Waals surface area contributed by atoms with Gasteiger partial charge < -0.3 is 9.64 Å². The summed E-state index contributed by atoms with van der Waals surface area (Å²) in [7, 11) is 0. The second kappa shape index (κ2) is 7.15. The van der Waals surface area contributed by atoms with E-state index >= 15 is 0 Å². The van der Waals surface area contributed by atoms with Gasteiger partial charge in [0.1, 0.15) is 5.75 Å². The topological polar surface area (TPSA) is 12.5 Å². The van der Waals surface area contributed by atoms with Crippen molar-refractivity contribution < 1.29 is 4.74 Å². The van der Waals surface area contributed by atoms with Crippen LogP contribution in [0.4, 0.5) is 5.69 Å². The molecule has 1 aromatic carbocycles. The van der Waals surface area contributed by atoms with E-state index in [9.17, 15) is 0 Å². The highest BCUT2D eigenvalue weighted by molar-refractivity contribution is 5.49. The summed E-state index contributed by atoms with van der Waals surface area (Å²) < 4.78 is 6.24. The van der Waals surface area contributed by atoms with Crippen LogP contribution >= 0.6 is 0 Å². The van der Waals surface area contributed by atoms with Crippen LogP contribution in [0.5, 0.6) is 5.75 Å². The average Bonchev–Trinajstić information content (AvgIpc) is 2.56. The number of hydrogen-bond donors (Lipinski definition) is 0. The Balaban J connectivity index is 1.51. The number of piperidine rings is 1. The van der Waals surface area contributed by atoms with Crippen molar-refractivity contribution in [2.75, 3.05) is 18.0 Å². The van der Waals surface area contributed by atoms with Crippen LogP contribution in [0.1, 0.15) is 65.7 Å². The maximum atomic E-state index is 6.24. The van der Waals surface area contributed by atoms with Crippen molar-refractivity contribution in [3.63, 3.8) is 0 Å². The molecule has 1 aromatic rings. The minimum Gasteiger partial charge on any atom is -0.490 e. The Kier molecular flexibility index (Phi) is 5.18. The number of ether oxygens (including phenoxy) is 1. The van der Waals surface area contributed by atoms with Crippen molar-refractivity contribution >= 4 is 5.69 Å². The molecular weight excluding hydrogens is 282 g/mol. The highest BCUT2D eigenvalue weighted by Crippen LogP contribution is 2.38. The van der Waals surface area contributed by atoms with Crippen LogP contribution in [-0.2, 0) is 0 Å². The molecule has 0 radical (unpaired) electrons. The maximum absolute atomic E-state index is 6.24. The summed E-state index contributed by atoms with van der Waals surface area (Å²) in [6, 6.07) is 8.81. The van der Waals surface area contributed by atoms with Gasteiger partial charge in [-0.05, 0) is 80.5 Å². The minimum absolute atomic E-state index is 0.412. The molecule has 128 valence electrons. The summed E-state index contributed by atoms with van der Waals surface area (Å²) in [5.74, 6) is 1.90. The van der Waals surface area contributed by atoms with E-state index in [0.29, 0.717) is 11.5 Å². The third kappa shape index (κ3) is 4.43. The van der Waals surface area contributed by atoms with Crippen molar-refractivity contribution in [3.8, 4) is 5.75 Å². The standard InChI is InChI=1S/C21H33NO/c1-21(2,3)17-7-11-19(12-8-17)23-20-13-9-18(10-14-20)22-15-5-4-6-16-22/h9-10,13-14,17,19H,4-8,11-12,15-16H2,1-3H3. The van der Waals surface area contributed by atoms with E-state index in [2.05, 4.69) is 49.9 Å². The third-order valence-corrected chi connectivity index (χ3v) is 5.76. The van der Waals surface area contributed by atoms with E-state index in [1.807, 2.05) is 0 Å². The summed E-state index contributed by atoms with van der Waals surface area (Å²) in [5.41, 5.74) is 1.80. The Morgan fingerprint density at radius 1 is 0.870 bits per heavy atom. The first kappa shape index (κ1) is 16.7. The fourth-order valence-corrected chi connectivity index (χ4v) is 4.13. The molecule has 3 rings (SSSR count). The SMILES string of the molecule is CC(C)(C)C1CCC(Oc2ccc(N3CCCCC3)cc2)CC1. The molecule has 1 aliphatic carbocycles. The lowest BCUT2D eigenvalue weighted by atomic mass is 9.72. The Labute approximate surface area is 142 Å². The number of hydrogen-bond acceptors (Lipinski definition) is 2. The van der Waals surface area contributed by atoms with Crippen LogP contribution in [0.2, 0.25) is 0 Å². The van der Waals surface area contributed by atoms with Crippen LogP contribution in [0, 0.1) is 11.3 Å². The first-order valence-electron chi connectivity index (χ1n) is 9.54. The molecule has 23 heavy (non-hydrogen) atoms. The van der Waals surface area contributed by atoms with Gasteiger partial charge in [0.05, 0.1) is 6.10 Å². The lowest BCUT2D eigenvalue weighted by Crippen LogP contribution is -2.30. The van der Waals surface area contributed by atoms with Crippen molar-refractivity contribution in [1.82, 2.24) is 0 Å². The summed E-state index contributed by atoms with van der Waals surface area (Å²) in [6.45, 7) is 9.53. The quantitative estimate of drug-likeness (QED) is 0.713. The van der Waals surface area contributed by atoms with Crippen molar-refractivity contribution in [2.45, 2.75) is 71.8 Å². The maximum Gasteiger partial charge on any atom is 0.119 e. The zero-order valence-corrected chi connectivity index (χ0v) is 15.2. The normalized spacial score (nSPS) is 26.1. The smallest absolute Gasteiger partial charge is 0.119 e. The van der Waals surface area contributed by atoms with Crippen molar-refractivity contribution in [3.05, 3.63) is 24.3 Å². The van der Waals surface area contributed by atoms with Gasteiger partial charge in [-0.3, -0.25) is 0 Å².